The van der Waals surface area contributed by atoms with Crippen LogP contribution in [0.4, 0.5) is 11.4 Å². The van der Waals surface area contributed by atoms with Crippen molar-refractivity contribution in [2.75, 3.05) is 56.3 Å². The molecule has 10 heteroatoms. The molecule has 9 nitrogen and oxygen atoms in total. The van der Waals surface area contributed by atoms with Crippen LogP contribution in [0.2, 0.25) is 5.02 Å². The van der Waals surface area contributed by atoms with Gasteiger partial charge in [0.2, 0.25) is 0 Å². The second-order valence-corrected chi connectivity index (χ2v) is 7.56. The van der Waals surface area contributed by atoms with E-state index in [1.54, 1.807) is 6.07 Å². The molecule has 1 heterocycles. The average molecular weight is 478 g/mol. The summed E-state index contributed by atoms with van der Waals surface area (Å²) in [6, 6.07) is 8.01. The molecule has 0 atom stereocenters. The highest BCUT2D eigenvalue weighted by Gasteiger charge is 2.21. The van der Waals surface area contributed by atoms with E-state index >= 15 is 0 Å². The molecule has 2 aromatic rings. The van der Waals surface area contributed by atoms with Crippen LogP contribution in [-0.4, -0.2) is 57.9 Å². The number of halogens is 1. The maximum Gasteiger partial charge on any atom is 0.262 e. The van der Waals surface area contributed by atoms with E-state index in [0.717, 1.165) is 18.8 Å². The molecule has 0 radical (unpaired) electrons. The lowest BCUT2D eigenvalue weighted by Gasteiger charge is -2.31. The van der Waals surface area contributed by atoms with Gasteiger partial charge in [0.05, 0.1) is 43.4 Å². The number of amides is 2. The molecule has 0 unspecified atom stereocenters. The molecule has 2 amide bonds. The normalized spacial score (nSPS) is 13.4. The van der Waals surface area contributed by atoms with E-state index in [1.807, 2.05) is 19.9 Å². The fourth-order valence-electron chi connectivity index (χ4n) is 3.39. The third-order valence-electron chi connectivity index (χ3n) is 4.85. The topological polar surface area (TPSA) is 112 Å². The van der Waals surface area contributed by atoms with E-state index in [4.69, 9.17) is 36.3 Å². The molecule has 0 aliphatic carbocycles. The molecule has 3 N–H and O–H groups in total. The number of carbonyl (C=O) groups excluding carboxylic acids is 2. The maximum absolute atomic E-state index is 12.7. The number of morpholine rings is 1. The molecule has 1 aliphatic heterocycles. The van der Waals surface area contributed by atoms with Crippen molar-refractivity contribution in [3.63, 3.8) is 0 Å². The predicted octanol–water partition coefficient (Wildman–Crippen LogP) is 3.09. The summed E-state index contributed by atoms with van der Waals surface area (Å²) in [4.78, 5) is 26.4. The van der Waals surface area contributed by atoms with Crippen molar-refractivity contribution in [2.24, 2.45) is 5.73 Å². The van der Waals surface area contributed by atoms with Crippen LogP contribution >= 0.6 is 11.6 Å². The Hall–Kier alpha value is -3.17. The fourth-order valence-corrected chi connectivity index (χ4v) is 3.56. The number of hydrogen-bond acceptors (Lipinski definition) is 7. The number of nitrogens with one attached hydrogen (secondary N) is 1. The lowest BCUT2D eigenvalue weighted by atomic mass is 10.2. The standard InChI is InChI=1S/C23H28ClN3O6/c1-3-31-20-13-18(27-7-9-30-10-8-27)21(32-4-2)12-17(20)26-22(28)14-33-19-11-15(24)5-6-16(19)23(25)29/h5-6,11-13H,3-4,7-10,14H2,1-2H3,(H2,25,29)(H,26,28). The minimum Gasteiger partial charge on any atom is -0.492 e. The van der Waals surface area contributed by atoms with Gasteiger partial charge < -0.3 is 34.9 Å². The van der Waals surface area contributed by atoms with Crippen molar-refractivity contribution in [1.29, 1.82) is 0 Å². The van der Waals surface area contributed by atoms with Crippen molar-refractivity contribution >= 4 is 34.8 Å². The van der Waals surface area contributed by atoms with E-state index in [2.05, 4.69) is 10.2 Å². The monoisotopic (exact) mass is 477 g/mol. The van der Waals surface area contributed by atoms with Crippen molar-refractivity contribution in [1.82, 2.24) is 0 Å². The molecule has 178 valence electrons. The quantitative estimate of drug-likeness (QED) is 0.540. The zero-order chi connectivity index (χ0) is 23.8. The minimum absolute atomic E-state index is 0.132. The Morgan fingerprint density at radius 2 is 1.73 bits per heavy atom. The van der Waals surface area contributed by atoms with Crippen LogP contribution in [0.1, 0.15) is 24.2 Å². The molecule has 0 bridgehead atoms. The number of benzene rings is 2. The predicted molar refractivity (Wildman–Crippen MR) is 126 cm³/mol. The van der Waals surface area contributed by atoms with Crippen LogP contribution < -0.4 is 30.2 Å². The number of rotatable bonds is 10. The first-order valence-corrected chi connectivity index (χ1v) is 11.1. The first-order valence-electron chi connectivity index (χ1n) is 10.7. The van der Waals surface area contributed by atoms with Gasteiger partial charge in [-0.3, -0.25) is 9.59 Å². The zero-order valence-electron chi connectivity index (χ0n) is 18.7. The summed E-state index contributed by atoms with van der Waals surface area (Å²) >= 11 is 5.97. The van der Waals surface area contributed by atoms with Gasteiger partial charge in [-0.1, -0.05) is 11.6 Å². The zero-order valence-corrected chi connectivity index (χ0v) is 19.4. The van der Waals surface area contributed by atoms with Crippen LogP contribution in [0.15, 0.2) is 30.3 Å². The first kappa shape index (κ1) is 24.5. The summed E-state index contributed by atoms with van der Waals surface area (Å²) in [7, 11) is 0. The van der Waals surface area contributed by atoms with Gasteiger partial charge in [0.15, 0.2) is 6.61 Å². The number of nitrogens with zero attached hydrogens (tertiary/aromatic N) is 1. The summed E-state index contributed by atoms with van der Waals surface area (Å²) in [6.07, 6.45) is 0. The maximum atomic E-state index is 12.7. The van der Waals surface area contributed by atoms with E-state index in [0.29, 0.717) is 48.6 Å². The summed E-state index contributed by atoms with van der Waals surface area (Å²) < 4.78 is 22.6. The van der Waals surface area contributed by atoms with E-state index in [-0.39, 0.29) is 17.9 Å². The molecular weight excluding hydrogens is 450 g/mol. The van der Waals surface area contributed by atoms with Crippen molar-refractivity contribution in [3.8, 4) is 17.2 Å². The third-order valence-corrected chi connectivity index (χ3v) is 5.09. The van der Waals surface area contributed by atoms with Gasteiger partial charge >= 0.3 is 0 Å². The molecule has 1 saturated heterocycles. The van der Waals surface area contributed by atoms with Gasteiger partial charge in [0, 0.05) is 30.2 Å². The molecule has 1 fully saturated rings. The molecular formula is C23H28ClN3O6. The fraction of sp³-hybridized carbons (Fsp3) is 0.391. The first-order chi connectivity index (χ1) is 15.9. The SMILES string of the molecule is CCOc1cc(N2CCOCC2)c(OCC)cc1NC(=O)COc1cc(Cl)ccc1C(N)=O. The third kappa shape index (κ3) is 6.43. The largest absolute Gasteiger partial charge is 0.492 e. The van der Waals surface area contributed by atoms with Crippen LogP contribution in [0.3, 0.4) is 0 Å². The number of carbonyl (C=O) groups is 2. The lowest BCUT2D eigenvalue weighted by Crippen LogP contribution is -2.36. The number of nitrogens with two attached hydrogens (primary N) is 1. The van der Waals surface area contributed by atoms with Crippen molar-refractivity contribution in [3.05, 3.63) is 40.9 Å². The van der Waals surface area contributed by atoms with Gasteiger partial charge in [0.1, 0.15) is 17.2 Å². The Kier molecular flexibility index (Phi) is 8.62. The van der Waals surface area contributed by atoms with E-state index in [9.17, 15) is 9.59 Å². The molecule has 0 saturated carbocycles. The minimum atomic E-state index is -0.680. The van der Waals surface area contributed by atoms with Crippen LogP contribution in [-0.2, 0) is 9.53 Å². The van der Waals surface area contributed by atoms with E-state index in [1.165, 1.54) is 18.2 Å². The van der Waals surface area contributed by atoms with E-state index < -0.39 is 11.8 Å². The van der Waals surface area contributed by atoms with Gasteiger partial charge in [0.25, 0.3) is 11.8 Å². The summed E-state index contributed by atoms with van der Waals surface area (Å²) in [5, 5.41) is 3.15. The highest BCUT2D eigenvalue weighted by atomic mass is 35.5. The smallest absolute Gasteiger partial charge is 0.262 e. The Labute approximate surface area is 197 Å². The molecule has 33 heavy (non-hydrogen) atoms. The molecule has 2 aromatic carbocycles. The van der Waals surface area contributed by atoms with Crippen LogP contribution in [0.5, 0.6) is 17.2 Å². The highest BCUT2D eigenvalue weighted by molar-refractivity contribution is 6.30. The molecule has 0 aromatic heterocycles. The average Bonchev–Trinajstić information content (AvgIpc) is 2.80. The Morgan fingerprint density at radius 1 is 1.03 bits per heavy atom. The molecule has 0 spiro atoms. The van der Waals surface area contributed by atoms with Gasteiger partial charge in [-0.25, -0.2) is 0 Å². The van der Waals surface area contributed by atoms with Gasteiger partial charge in [-0.05, 0) is 32.0 Å². The number of hydrogen-bond donors (Lipinski definition) is 2. The molecule has 3 rings (SSSR count). The summed E-state index contributed by atoms with van der Waals surface area (Å²) in [5.74, 6) is 0.142. The molecule has 1 aliphatic rings. The van der Waals surface area contributed by atoms with Crippen molar-refractivity contribution in [2.45, 2.75) is 13.8 Å². The number of anilines is 2. The lowest BCUT2D eigenvalue weighted by molar-refractivity contribution is -0.118. The van der Waals surface area contributed by atoms with Gasteiger partial charge in [-0.2, -0.15) is 0 Å². The number of primary amides is 1. The summed E-state index contributed by atoms with van der Waals surface area (Å²) in [5.41, 5.74) is 6.83. The summed E-state index contributed by atoms with van der Waals surface area (Å²) in [6.45, 7) is 7.00. The van der Waals surface area contributed by atoms with Crippen LogP contribution in [0.25, 0.3) is 0 Å². The van der Waals surface area contributed by atoms with Crippen molar-refractivity contribution < 1.29 is 28.5 Å². The Balaban J connectivity index is 1.80. The van der Waals surface area contributed by atoms with Gasteiger partial charge in [-0.15, -0.1) is 0 Å². The number of ether oxygens (including phenoxy) is 4. The Bertz CT molecular complexity index is 994. The Morgan fingerprint density at radius 3 is 2.39 bits per heavy atom. The van der Waals surface area contributed by atoms with Crippen LogP contribution in [0, 0.1) is 0 Å². The second-order valence-electron chi connectivity index (χ2n) is 7.12. The second kappa shape index (κ2) is 11.6. The highest BCUT2D eigenvalue weighted by Crippen LogP contribution is 2.39.